The van der Waals surface area contributed by atoms with Crippen LogP contribution in [0.5, 0.6) is 11.5 Å². The monoisotopic (exact) mass is 672 g/mol. The van der Waals surface area contributed by atoms with Crippen molar-refractivity contribution < 1.29 is 19.1 Å². The van der Waals surface area contributed by atoms with E-state index in [1.54, 1.807) is 36.3 Å². The summed E-state index contributed by atoms with van der Waals surface area (Å²) in [5, 5.41) is 15.0. The summed E-state index contributed by atoms with van der Waals surface area (Å²) in [6.45, 7) is 2.81. The first-order chi connectivity index (χ1) is 22.7. The van der Waals surface area contributed by atoms with Crippen molar-refractivity contribution in [3.63, 3.8) is 0 Å². The van der Waals surface area contributed by atoms with Crippen molar-refractivity contribution in [2.75, 3.05) is 20.2 Å². The molecule has 14 heteroatoms. The van der Waals surface area contributed by atoms with Gasteiger partial charge in [0.25, 0.3) is 0 Å². The van der Waals surface area contributed by atoms with E-state index in [-0.39, 0.29) is 18.4 Å². The first-order valence-electron chi connectivity index (χ1n) is 14.7. The zero-order valence-electron chi connectivity index (χ0n) is 25.4. The minimum absolute atomic E-state index is 0.0565. The topological polar surface area (TPSA) is 140 Å². The average molecular weight is 674 g/mol. The number of amides is 2. The Morgan fingerprint density at radius 3 is 2.51 bits per heavy atom. The van der Waals surface area contributed by atoms with Crippen molar-refractivity contribution in [1.29, 1.82) is 0 Å². The normalized spacial score (nSPS) is 13.7. The molecule has 12 nitrogen and oxygen atoms in total. The Morgan fingerprint density at radius 1 is 1.06 bits per heavy atom. The van der Waals surface area contributed by atoms with Gasteiger partial charge in [-0.2, -0.15) is 4.68 Å². The number of likely N-dealkylation sites (tertiary alicyclic amines) is 1. The van der Waals surface area contributed by atoms with Gasteiger partial charge in [-0.15, -0.1) is 5.10 Å². The van der Waals surface area contributed by atoms with Crippen molar-refractivity contribution in [1.82, 2.24) is 40.4 Å². The maximum absolute atomic E-state index is 13.4. The van der Waals surface area contributed by atoms with Crippen molar-refractivity contribution in [3.8, 4) is 28.4 Å². The van der Waals surface area contributed by atoms with Gasteiger partial charge in [-0.25, -0.2) is 4.98 Å². The third kappa shape index (κ3) is 7.62. The SMILES string of the molecule is COc1ccc(OC2CN(C(=O)C[C@H](NC(=O)/C=C/c3cc(Cl)ccc3-n3cnnn3)c3nc(-c4ccc(C)cc4)c(Cl)[nH]3)C2)cc1. The Hall–Kier alpha value is -5.20. The molecule has 1 saturated heterocycles. The van der Waals surface area contributed by atoms with Crippen LogP contribution in [-0.2, 0) is 9.59 Å². The lowest BCUT2D eigenvalue weighted by molar-refractivity contribution is -0.140. The summed E-state index contributed by atoms with van der Waals surface area (Å²) >= 11 is 12.8. The Morgan fingerprint density at radius 2 is 1.81 bits per heavy atom. The van der Waals surface area contributed by atoms with Crippen LogP contribution in [-0.4, -0.2) is 73.2 Å². The molecule has 2 aromatic heterocycles. The molecule has 1 aliphatic rings. The fourth-order valence-electron chi connectivity index (χ4n) is 5.04. The second-order valence-electron chi connectivity index (χ2n) is 10.9. The van der Waals surface area contributed by atoms with Crippen LogP contribution in [0, 0.1) is 6.92 Å². The Balaban J connectivity index is 1.18. The minimum Gasteiger partial charge on any atom is -0.497 e. The number of carbonyl (C=O) groups excluding carboxylic acids is 2. The highest BCUT2D eigenvalue weighted by Gasteiger charge is 2.34. The highest BCUT2D eigenvalue weighted by molar-refractivity contribution is 6.32. The number of tetrazole rings is 1. The molecule has 0 radical (unpaired) electrons. The molecule has 1 fully saturated rings. The molecule has 2 N–H and O–H groups in total. The van der Waals surface area contributed by atoms with E-state index >= 15 is 0 Å². The molecule has 0 bridgehead atoms. The molecule has 5 aromatic rings. The maximum Gasteiger partial charge on any atom is 0.244 e. The number of aromatic nitrogens is 6. The minimum atomic E-state index is -0.809. The van der Waals surface area contributed by atoms with Crippen LogP contribution >= 0.6 is 23.2 Å². The van der Waals surface area contributed by atoms with Crippen LogP contribution in [0.15, 0.2) is 79.1 Å². The smallest absolute Gasteiger partial charge is 0.244 e. The zero-order valence-corrected chi connectivity index (χ0v) is 26.9. The largest absolute Gasteiger partial charge is 0.497 e. The molecular formula is C33H30Cl2N8O4. The number of aromatic amines is 1. The van der Waals surface area contributed by atoms with Gasteiger partial charge in [-0.05, 0) is 65.9 Å². The molecule has 0 saturated carbocycles. The number of halogens is 2. The number of nitrogens with zero attached hydrogens (tertiary/aromatic N) is 6. The molecule has 1 atom stereocenters. The molecule has 47 heavy (non-hydrogen) atoms. The van der Waals surface area contributed by atoms with Gasteiger partial charge in [0.05, 0.1) is 38.3 Å². The van der Waals surface area contributed by atoms with Gasteiger partial charge in [0.2, 0.25) is 11.8 Å². The van der Waals surface area contributed by atoms with Gasteiger partial charge in [0, 0.05) is 22.2 Å². The van der Waals surface area contributed by atoms with Gasteiger partial charge in [-0.1, -0.05) is 53.0 Å². The van der Waals surface area contributed by atoms with Crippen molar-refractivity contribution in [2.45, 2.75) is 25.5 Å². The second-order valence-corrected chi connectivity index (χ2v) is 11.7. The number of aryl methyl sites for hydroxylation is 1. The van der Waals surface area contributed by atoms with E-state index in [9.17, 15) is 9.59 Å². The van der Waals surface area contributed by atoms with Crippen molar-refractivity contribution in [2.24, 2.45) is 0 Å². The van der Waals surface area contributed by atoms with E-state index < -0.39 is 11.9 Å². The van der Waals surface area contributed by atoms with Gasteiger partial charge in [0.1, 0.15) is 40.6 Å². The number of ether oxygens (including phenoxy) is 2. The van der Waals surface area contributed by atoms with Gasteiger partial charge in [-0.3, -0.25) is 9.59 Å². The molecule has 6 rings (SSSR count). The predicted octanol–water partition coefficient (Wildman–Crippen LogP) is 5.23. The summed E-state index contributed by atoms with van der Waals surface area (Å²) in [6.07, 6.45) is 4.18. The Bertz CT molecular complexity index is 1890. The lowest BCUT2D eigenvalue weighted by Gasteiger charge is -2.39. The van der Waals surface area contributed by atoms with Crippen molar-refractivity contribution in [3.05, 3.63) is 106 Å². The fraction of sp³-hybridized carbons (Fsp3) is 0.212. The summed E-state index contributed by atoms with van der Waals surface area (Å²) in [5.41, 5.74) is 3.65. The Kier molecular flexibility index (Phi) is 9.50. The molecule has 1 aliphatic heterocycles. The highest BCUT2D eigenvalue weighted by atomic mass is 35.5. The molecule has 3 aromatic carbocycles. The number of hydrogen-bond acceptors (Lipinski definition) is 8. The van der Waals surface area contributed by atoms with Crippen LogP contribution in [0.1, 0.15) is 29.4 Å². The maximum atomic E-state index is 13.4. The van der Waals surface area contributed by atoms with E-state index in [1.165, 1.54) is 17.1 Å². The highest BCUT2D eigenvalue weighted by Crippen LogP contribution is 2.30. The summed E-state index contributed by atoms with van der Waals surface area (Å²) < 4.78 is 12.6. The van der Waals surface area contributed by atoms with Crippen molar-refractivity contribution >= 4 is 41.1 Å². The summed E-state index contributed by atoms with van der Waals surface area (Å²) in [4.78, 5) is 36.2. The van der Waals surface area contributed by atoms with E-state index in [2.05, 4.69) is 25.8 Å². The van der Waals surface area contributed by atoms with Gasteiger partial charge in [0.15, 0.2) is 0 Å². The predicted molar refractivity (Wildman–Crippen MR) is 176 cm³/mol. The third-order valence-corrected chi connectivity index (χ3v) is 8.10. The number of rotatable bonds is 11. The first kappa shape index (κ1) is 31.8. The number of H-pyrrole nitrogens is 1. The lowest BCUT2D eigenvalue weighted by Crippen LogP contribution is -2.56. The van der Waals surface area contributed by atoms with E-state index in [0.717, 1.165) is 16.9 Å². The molecule has 0 spiro atoms. The van der Waals surface area contributed by atoms with Gasteiger partial charge < -0.3 is 24.7 Å². The van der Waals surface area contributed by atoms with Crippen LogP contribution in [0.3, 0.4) is 0 Å². The molecule has 3 heterocycles. The average Bonchev–Trinajstić information content (AvgIpc) is 3.72. The number of hydrogen-bond donors (Lipinski definition) is 2. The van der Waals surface area contributed by atoms with Crippen LogP contribution in [0.2, 0.25) is 10.2 Å². The number of benzene rings is 3. The quantitative estimate of drug-likeness (QED) is 0.182. The van der Waals surface area contributed by atoms with Gasteiger partial charge >= 0.3 is 0 Å². The molecule has 0 unspecified atom stereocenters. The lowest BCUT2D eigenvalue weighted by atomic mass is 10.1. The van der Waals surface area contributed by atoms with E-state index in [1.807, 2.05) is 55.5 Å². The summed E-state index contributed by atoms with van der Waals surface area (Å²) in [5.74, 6) is 1.14. The second kappa shape index (κ2) is 14.1. The van der Waals surface area contributed by atoms with Crippen LogP contribution in [0.25, 0.3) is 23.0 Å². The molecule has 240 valence electrons. The number of carbonyl (C=O) groups is 2. The number of methoxy groups -OCH3 is 1. The molecule has 2 amide bonds. The van der Waals surface area contributed by atoms with E-state index in [0.29, 0.717) is 51.8 Å². The Labute approximate surface area is 280 Å². The number of nitrogens with one attached hydrogen (secondary N) is 2. The summed E-state index contributed by atoms with van der Waals surface area (Å²) in [6, 6.07) is 19.4. The first-order valence-corrected chi connectivity index (χ1v) is 15.4. The zero-order chi connectivity index (χ0) is 32.9. The fourth-order valence-corrected chi connectivity index (χ4v) is 5.47. The van der Waals surface area contributed by atoms with Crippen LogP contribution < -0.4 is 14.8 Å². The van der Waals surface area contributed by atoms with E-state index in [4.69, 9.17) is 37.7 Å². The number of imidazole rings is 1. The molecular weight excluding hydrogens is 643 g/mol. The standard InChI is InChI=1S/C33H30Cl2N8O4/c1-20-3-5-21(6-4-20)31-32(35)39-33(38-31)27(16-30(45)42-17-26(18-42)47-25-11-9-24(46-2)10-12-25)37-29(44)14-7-22-15-23(34)8-13-28(22)43-19-36-40-41-43/h3-15,19,26-27H,16-18H2,1-2H3,(H,37,44)(H,38,39)/b14-7+/t27-/m0/s1. The summed E-state index contributed by atoms with van der Waals surface area (Å²) in [7, 11) is 1.60. The molecule has 0 aliphatic carbocycles. The van der Waals surface area contributed by atoms with Crippen LogP contribution in [0.4, 0.5) is 0 Å². The third-order valence-electron chi connectivity index (χ3n) is 7.59.